The van der Waals surface area contributed by atoms with Gasteiger partial charge in [0.25, 0.3) is 0 Å². The lowest BCUT2D eigenvalue weighted by Gasteiger charge is -2.00. The van der Waals surface area contributed by atoms with Crippen LogP contribution in [0.4, 0.5) is 0 Å². The molecule has 1 heterocycles. The molecule has 1 amide bonds. The topological polar surface area (TPSA) is 32.7 Å². The van der Waals surface area contributed by atoms with Crippen LogP contribution in [-0.4, -0.2) is 23.7 Å². The summed E-state index contributed by atoms with van der Waals surface area (Å²) in [5.41, 5.74) is 3.09. The van der Waals surface area contributed by atoms with Gasteiger partial charge in [0.15, 0.2) is 0 Å². The summed E-state index contributed by atoms with van der Waals surface area (Å²) < 4.78 is 0. The first-order valence-corrected chi connectivity index (χ1v) is 4.58. The Labute approximate surface area is 83.0 Å². The van der Waals surface area contributed by atoms with E-state index in [9.17, 15) is 4.79 Å². The lowest BCUT2D eigenvalue weighted by atomic mass is 10.1. The molecule has 1 aliphatic rings. The molecule has 0 saturated heterocycles. The van der Waals surface area contributed by atoms with Gasteiger partial charge in [-0.05, 0) is 12.5 Å². The molecular weight excluding hydrogens is 176 g/mol. The van der Waals surface area contributed by atoms with E-state index in [1.165, 1.54) is 10.6 Å². The summed E-state index contributed by atoms with van der Waals surface area (Å²) in [5.74, 6) is 0.0570. The molecule has 0 radical (unpaired) electrons. The van der Waals surface area contributed by atoms with Gasteiger partial charge in [-0.15, -0.1) is 0 Å². The van der Waals surface area contributed by atoms with E-state index >= 15 is 0 Å². The lowest BCUT2D eigenvalue weighted by molar-refractivity contribution is -0.127. The van der Waals surface area contributed by atoms with Crippen LogP contribution in [0.5, 0.6) is 0 Å². The van der Waals surface area contributed by atoms with Crippen LogP contribution in [0.1, 0.15) is 17.5 Å². The van der Waals surface area contributed by atoms with Crippen LogP contribution >= 0.6 is 0 Å². The van der Waals surface area contributed by atoms with Gasteiger partial charge in [-0.25, -0.2) is 5.01 Å². The third-order valence-electron chi connectivity index (χ3n) is 2.30. The third-order valence-corrected chi connectivity index (χ3v) is 2.30. The molecule has 14 heavy (non-hydrogen) atoms. The van der Waals surface area contributed by atoms with Crippen molar-refractivity contribution in [3.8, 4) is 0 Å². The largest absolute Gasteiger partial charge is 0.273 e. The van der Waals surface area contributed by atoms with Gasteiger partial charge in [-0.2, -0.15) is 5.10 Å². The minimum Gasteiger partial charge on any atom is -0.273 e. The molecule has 1 aromatic rings. The molecule has 3 nitrogen and oxygen atoms in total. The van der Waals surface area contributed by atoms with Crippen molar-refractivity contribution in [2.24, 2.45) is 5.10 Å². The number of carbonyl (C=O) groups is 1. The van der Waals surface area contributed by atoms with Gasteiger partial charge in [0.1, 0.15) is 0 Å². The molecule has 72 valence electrons. The second kappa shape index (κ2) is 3.25. The van der Waals surface area contributed by atoms with Crippen LogP contribution in [0.3, 0.4) is 0 Å². The first-order valence-electron chi connectivity index (χ1n) is 4.58. The predicted octanol–water partition coefficient (Wildman–Crippen LogP) is 1.56. The first kappa shape index (κ1) is 8.94. The maximum absolute atomic E-state index is 11.3. The molecule has 0 unspecified atom stereocenters. The fourth-order valence-corrected chi connectivity index (χ4v) is 1.51. The molecule has 0 aliphatic carbocycles. The van der Waals surface area contributed by atoms with Gasteiger partial charge in [-0.3, -0.25) is 4.79 Å². The van der Waals surface area contributed by atoms with Crippen molar-refractivity contribution in [3.63, 3.8) is 0 Å². The molecule has 1 aromatic carbocycles. The number of nitrogens with zero attached hydrogens (tertiary/aromatic N) is 2. The van der Waals surface area contributed by atoms with Crippen LogP contribution in [0.2, 0.25) is 0 Å². The Morgan fingerprint density at radius 3 is 2.79 bits per heavy atom. The van der Waals surface area contributed by atoms with E-state index in [0.717, 1.165) is 11.3 Å². The lowest BCUT2D eigenvalue weighted by Crippen LogP contribution is -2.14. The van der Waals surface area contributed by atoms with Crippen LogP contribution in [0.15, 0.2) is 29.4 Å². The van der Waals surface area contributed by atoms with Gasteiger partial charge < -0.3 is 0 Å². The zero-order valence-electron chi connectivity index (χ0n) is 8.32. The van der Waals surface area contributed by atoms with Crippen molar-refractivity contribution in [1.82, 2.24) is 5.01 Å². The van der Waals surface area contributed by atoms with E-state index < -0.39 is 0 Å². The molecule has 0 spiro atoms. The monoisotopic (exact) mass is 188 g/mol. The van der Waals surface area contributed by atoms with Crippen molar-refractivity contribution >= 4 is 11.6 Å². The highest BCUT2D eigenvalue weighted by Gasteiger charge is 2.21. The predicted molar refractivity (Wildman–Crippen MR) is 55.1 cm³/mol. The molecule has 0 N–H and O–H groups in total. The summed E-state index contributed by atoms with van der Waals surface area (Å²) >= 11 is 0. The van der Waals surface area contributed by atoms with Crippen molar-refractivity contribution in [1.29, 1.82) is 0 Å². The van der Waals surface area contributed by atoms with E-state index in [0.29, 0.717) is 6.42 Å². The molecule has 0 fully saturated rings. The average Bonchev–Trinajstić information content (AvgIpc) is 2.47. The zero-order valence-corrected chi connectivity index (χ0v) is 8.32. The van der Waals surface area contributed by atoms with Crippen LogP contribution in [0.25, 0.3) is 0 Å². The van der Waals surface area contributed by atoms with Gasteiger partial charge in [0.2, 0.25) is 5.91 Å². The van der Waals surface area contributed by atoms with Crippen molar-refractivity contribution in [2.75, 3.05) is 7.05 Å². The van der Waals surface area contributed by atoms with Gasteiger partial charge in [0.05, 0.1) is 12.1 Å². The second-order valence-electron chi connectivity index (χ2n) is 3.51. The summed E-state index contributed by atoms with van der Waals surface area (Å²) in [6.07, 6.45) is 0.417. The van der Waals surface area contributed by atoms with Crippen molar-refractivity contribution < 1.29 is 4.79 Å². The second-order valence-corrected chi connectivity index (χ2v) is 3.51. The Kier molecular flexibility index (Phi) is 2.08. The molecule has 0 aromatic heterocycles. The summed E-state index contributed by atoms with van der Waals surface area (Å²) in [4.78, 5) is 11.3. The molecule has 1 aliphatic heterocycles. The number of aryl methyl sites for hydroxylation is 1. The number of carbonyl (C=O) groups excluding carboxylic acids is 1. The van der Waals surface area contributed by atoms with E-state index in [-0.39, 0.29) is 5.91 Å². The number of rotatable bonds is 1. The summed E-state index contributed by atoms with van der Waals surface area (Å²) in [6, 6.07) is 8.05. The normalized spacial score (nSPS) is 16.0. The summed E-state index contributed by atoms with van der Waals surface area (Å²) in [5, 5.41) is 5.58. The molecule has 0 atom stereocenters. The zero-order chi connectivity index (χ0) is 10.1. The van der Waals surface area contributed by atoms with Gasteiger partial charge >= 0.3 is 0 Å². The minimum absolute atomic E-state index is 0.0570. The van der Waals surface area contributed by atoms with Crippen LogP contribution in [0, 0.1) is 6.92 Å². The quantitative estimate of drug-likeness (QED) is 0.658. The minimum atomic E-state index is 0.0570. The van der Waals surface area contributed by atoms with Crippen molar-refractivity contribution in [2.45, 2.75) is 13.3 Å². The Balaban J connectivity index is 2.33. The fraction of sp³-hybridized carbons (Fsp3) is 0.273. The van der Waals surface area contributed by atoms with E-state index in [1.807, 2.05) is 31.2 Å². The van der Waals surface area contributed by atoms with Crippen molar-refractivity contribution in [3.05, 3.63) is 35.4 Å². The molecule has 2 rings (SSSR count). The number of hydrogen-bond acceptors (Lipinski definition) is 2. The maximum Gasteiger partial charge on any atom is 0.248 e. The molecule has 3 heteroatoms. The highest BCUT2D eigenvalue weighted by atomic mass is 16.2. The van der Waals surface area contributed by atoms with Crippen LogP contribution < -0.4 is 0 Å². The SMILES string of the molecule is Cc1cccc(C2=NN(C)C(=O)C2)c1. The maximum atomic E-state index is 11.3. The van der Waals surface area contributed by atoms with Gasteiger partial charge in [0, 0.05) is 7.05 Å². The smallest absolute Gasteiger partial charge is 0.248 e. The number of benzene rings is 1. The Morgan fingerprint density at radius 2 is 2.21 bits per heavy atom. The summed E-state index contributed by atoms with van der Waals surface area (Å²) in [6.45, 7) is 2.03. The number of amides is 1. The standard InChI is InChI=1S/C11H12N2O/c1-8-4-3-5-9(6-8)10-7-11(14)13(2)12-10/h3-6H,7H2,1-2H3. The van der Waals surface area contributed by atoms with E-state index in [4.69, 9.17) is 0 Å². The first-order chi connectivity index (χ1) is 6.66. The van der Waals surface area contributed by atoms with Crippen LogP contribution in [-0.2, 0) is 4.79 Å². The Morgan fingerprint density at radius 1 is 1.43 bits per heavy atom. The fourth-order valence-electron chi connectivity index (χ4n) is 1.51. The Hall–Kier alpha value is -1.64. The number of hydrazone groups is 1. The van der Waals surface area contributed by atoms with Gasteiger partial charge in [-0.1, -0.05) is 29.8 Å². The molecule has 0 saturated carbocycles. The Bertz CT molecular complexity index is 410. The van der Waals surface area contributed by atoms with E-state index in [2.05, 4.69) is 5.10 Å². The molecule has 0 bridgehead atoms. The average molecular weight is 188 g/mol. The van der Waals surface area contributed by atoms with E-state index in [1.54, 1.807) is 7.05 Å². The summed E-state index contributed by atoms with van der Waals surface area (Å²) in [7, 11) is 1.69. The molecular formula is C11H12N2O. The highest BCUT2D eigenvalue weighted by molar-refractivity contribution is 6.13. The third kappa shape index (κ3) is 1.53. The number of hydrogen-bond donors (Lipinski definition) is 0. The highest BCUT2D eigenvalue weighted by Crippen LogP contribution is 2.14.